The lowest BCUT2D eigenvalue weighted by Crippen LogP contribution is -2.33. The number of hydrogen-bond acceptors (Lipinski definition) is 6. The summed E-state index contributed by atoms with van der Waals surface area (Å²) in [6, 6.07) is 9.93. The van der Waals surface area contributed by atoms with Gasteiger partial charge in [0.2, 0.25) is 5.82 Å². The lowest BCUT2D eigenvalue weighted by atomic mass is 9.79. The molecule has 1 saturated carbocycles. The first-order valence-corrected chi connectivity index (χ1v) is 12.8. The number of nitrogens with two attached hydrogens (primary N) is 1. The van der Waals surface area contributed by atoms with E-state index in [1.54, 1.807) is 18.2 Å². The lowest BCUT2D eigenvalue weighted by molar-refractivity contribution is -0.182. The third-order valence-electron chi connectivity index (χ3n) is 6.92. The number of nitrogens with zero attached hydrogens (tertiary/aromatic N) is 3. The SMILES string of the molecule is Cc1cc(C2CCC(C(F)(F)F)CC2)nc2ccc(Oc3c(Cl)cc(-n4nc(N)c(=O)[nH]c4=O)cc3Cl)cc12. The van der Waals surface area contributed by atoms with E-state index in [1.807, 2.05) is 18.0 Å². The van der Waals surface area contributed by atoms with Crippen LogP contribution in [0.2, 0.25) is 10.0 Å². The number of halogens is 5. The minimum absolute atomic E-state index is 0.0152. The number of fused-ring (bicyclic) bond motifs is 1. The fourth-order valence-corrected chi connectivity index (χ4v) is 5.41. The molecular weight excluding hydrogens is 558 g/mol. The molecule has 0 radical (unpaired) electrons. The van der Waals surface area contributed by atoms with Crippen molar-refractivity contribution in [2.75, 3.05) is 5.73 Å². The van der Waals surface area contributed by atoms with E-state index in [9.17, 15) is 22.8 Å². The van der Waals surface area contributed by atoms with Gasteiger partial charge in [0.15, 0.2) is 5.75 Å². The number of ether oxygens (including phenoxy) is 1. The molecule has 2 aromatic heterocycles. The molecule has 1 fully saturated rings. The van der Waals surface area contributed by atoms with Crippen LogP contribution in [-0.4, -0.2) is 25.9 Å². The van der Waals surface area contributed by atoms with Gasteiger partial charge in [-0.2, -0.15) is 17.9 Å². The van der Waals surface area contributed by atoms with E-state index in [0.717, 1.165) is 21.3 Å². The van der Waals surface area contributed by atoms with Crippen molar-refractivity contribution in [3.63, 3.8) is 0 Å². The molecule has 204 valence electrons. The molecule has 0 unspecified atom stereocenters. The minimum atomic E-state index is -4.15. The second-order valence-electron chi connectivity index (χ2n) is 9.53. The number of aromatic nitrogens is 4. The van der Waals surface area contributed by atoms with Gasteiger partial charge in [0.1, 0.15) is 5.75 Å². The summed E-state index contributed by atoms with van der Waals surface area (Å²) in [4.78, 5) is 30.4. The highest BCUT2D eigenvalue weighted by atomic mass is 35.5. The lowest BCUT2D eigenvalue weighted by Gasteiger charge is -2.29. The van der Waals surface area contributed by atoms with Crippen LogP contribution in [0.5, 0.6) is 11.5 Å². The van der Waals surface area contributed by atoms with Gasteiger partial charge in [-0.05, 0) is 74.6 Å². The highest BCUT2D eigenvalue weighted by Crippen LogP contribution is 2.43. The van der Waals surface area contributed by atoms with E-state index in [0.29, 0.717) is 24.1 Å². The summed E-state index contributed by atoms with van der Waals surface area (Å²) >= 11 is 12.8. The number of benzene rings is 2. The summed E-state index contributed by atoms with van der Waals surface area (Å²) in [6.45, 7) is 1.91. The Hall–Kier alpha value is -3.57. The zero-order valence-electron chi connectivity index (χ0n) is 20.5. The number of pyridine rings is 1. The molecule has 8 nitrogen and oxygen atoms in total. The van der Waals surface area contributed by atoms with E-state index in [2.05, 4.69) is 5.10 Å². The number of nitrogen functional groups attached to an aromatic ring is 1. The Morgan fingerprint density at radius 2 is 1.72 bits per heavy atom. The molecule has 1 aliphatic carbocycles. The fraction of sp³-hybridized carbons (Fsp3) is 0.308. The Kier molecular flexibility index (Phi) is 7.06. The summed E-state index contributed by atoms with van der Waals surface area (Å²) in [5.41, 5.74) is 6.45. The first-order valence-electron chi connectivity index (χ1n) is 12.0. The number of anilines is 1. The molecule has 2 heterocycles. The maximum Gasteiger partial charge on any atom is 0.391 e. The molecule has 5 rings (SSSR count). The van der Waals surface area contributed by atoms with Crippen LogP contribution in [0.3, 0.4) is 0 Å². The van der Waals surface area contributed by atoms with E-state index >= 15 is 0 Å². The molecule has 2 aromatic carbocycles. The Bertz CT molecular complexity index is 1670. The molecule has 0 spiro atoms. The molecule has 0 aliphatic heterocycles. The normalized spacial score (nSPS) is 17.9. The highest BCUT2D eigenvalue weighted by molar-refractivity contribution is 6.37. The number of rotatable bonds is 4. The van der Waals surface area contributed by atoms with Gasteiger partial charge < -0.3 is 10.5 Å². The average molecular weight is 580 g/mol. The number of aromatic amines is 1. The molecule has 0 bridgehead atoms. The van der Waals surface area contributed by atoms with Gasteiger partial charge in [0.05, 0.1) is 27.2 Å². The maximum absolute atomic E-state index is 13.1. The predicted octanol–water partition coefficient (Wildman–Crippen LogP) is 6.29. The Morgan fingerprint density at radius 3 is 2.36 bits per heavy atom. The second kappa shape index (κ2) is 10.2. The van der Waals surface area contributed by atoms with Crippen LogP contribution in [0, 0.1) is 12.8 Å². The number of nitrogens with one attached hydrogen (secondary N) is 1. The van der Waals surface area contributed by atoms with Gasteiger partial charge >= 0.3 is 11.9 Å². The van der Waals surface area contributed by atoms with Crippen molar-refractivity contribution in [3.8, 4) is 17.2 Å². The number of H-pyrrole nitrogens is 1. The smallest absolute Gasteiger partial charge is 0.391 e. The van der Waals surface area contributed by atoms with Crippen LogP contribution < -0.4 is 21.7 Å². The largest absolute Gasteiger partial charge is 0.454 e. The van der Waals surface area contributed by atoms with Crippen molar-refractivity contribution in [3.05, 3.63) is 78.5 Å². The molecule has 1 aliphatic rings. The molecular formula is C26H22Cl2F3N5O3. The first kappa shape index (κ1) is 27.0. The van der Waals surface area contributed by atoms with Crippen molar-refractivity contribution in [1.29, 1.82) is 0 Å². The number of alkyl halides is 3. The molecule has 3 N–H and O–H groups in total. The highest BCUT2D eigenvalue weighted by Gasteiger charge is 2.41. The number of hydrogen-bond donors (Lipinski definition) is 2. The van der Waals surface area contributed by atoms with E-state index in [-0.39, 0.29) is 40.2 Å². The van der Waals surface area contributed by atoms with Crippen molar-refractivity contribution in [2.45, 2.75) is 44.7 Å². The van der Waals surface area contributed by atoms with Gasteiger partial charge in [-0.1, -0.05) is 23.2 Å². The topological polar surface area (TPSA) is 116 Å². The Labute approximate surface area is 229 Å². The van der Waals surface area contributed by atoms with Gasteiger partial charge in [-0.15, -0.1) is 5.10 Å². The van der Waals surface area contributed by atoms with Crippen LogP contribution >= 0.6 is 23.2 Å². The van der Waals surface area contributed by atoms with Crippen LogP contribution in [0.4, 0.5) is 19.0 Å². The summed E-state index contributed by atoms with van der Waals surface area (Å²) < 4.78 is 46.0. The average Bonchev–Trinajstić information content (AvgIpc) is 2.88. The van der Waals surface area contributed by atoms with Crippen LogP contribution in [-0.2, 0) is 0 Å². The zero-order valence-corrected chi connectivity index (χ0v) is 22.0. The van der Waals surface area contributed by atoms with Crippen molar-refractivity contribution in [1.82, 2.24) is 19.7 Å². The quantitative estimate of drug-likeness (QED) is 0.293. The van der Waals surface area contributed by atoms with Gasteiger partial charge in [0, 0.05) is 17.0 Å². The van der Waals surface area contributed by atoms with Crippen LogP contribution in [0.15, 0.2) is 46.0 Å². The van der Waals surface area contributed by atoms with Crippen molar-refractivity contribution in [2.24, 2.45) is 5.92 Å². The summed E-state index contributed by atoms with van der Waals surface area (Å²) in [7, 11) is 0. The first-order chi connectivity index (χ1) is 18.4. The molecule has 0 amide bonds. The molecule has 39 heavy (non-hydrogen) atoms. The van der Waals surface area contributed by atoms with Crippen LogP contribution in [0.25, 0.3) is 16.6 Å². The van der Waals surface area contributed by atoms with Gasteiger partial charge in [-0.3, -0.25) is 14.8 Å². The van der Waals surface area contributed by atoms with Crippen molar-refractivity contribution >= 4 is 39.9 Å². The van der Waals surface area contributed by atoms with E-state index in [1.165, 1.54) is 12.1 Å². The van der Waals surface area contributed by atoms with E-state index in [4.69, 9.17) is 38.7 Å². The third-order valence-corrected chi connectivity index (χ3v) is 7.48. The number of aryl methyl sites for hydroxylation is 1. The second-order valence-corrected chi connectivity index (χ2v) is 10.3. The zero-order chi connectivity index (χ0) is 28.1. The Balaban J connectivity index is 1.40. The molecule has 0 saturated heterocycles. The van der Waals surface area contributed by atoms with Crippen molar-refractivity contribution < 1.29 is 17.9 Å². The van der Waals surface area contributed by atoms with E-state index < -0.39 is 29.2 Å². The molecule has 4 aromatic rings. The van der Waals surface area contributed by atoms with Crippen LogP contribution in [0.1, 0.15) is 42.9 Å². The summed E-state index contributed by atoms with van der Waals surface area (Å²) in [5, 5.41) is 4.73. The standard InChI is InChI=1S/C26H22Cl2F3N5O3/c1-12-8-21(13-2-4-14(5-3-13)26(29,30)31)33-20-7-6-16(11-17(12)20)39-22-18(27)9-15(10-19(22)28)36-25(38)34-24(37)23(32)35-36/h6-11,13-14H,2-5H2,1H3,(H2,32,35)(H,34,37,38). The molecule has 13 heteroatoms. The van der Waals surface area contributed by atoms with Gasteiger partial charge in [-0.25, -0.2) is 4.79 Å². The molecule has 0 atom stereocenters. The third kappa shape index (κ3) is 5.46. The minimum Gasteiger partial charge on any atom is -0.454 e. The predicted molar refractivity (Wildman–Crippen MR) is 142 cm³/mol. The Morgan fingerprint density at radius 1 is 1.05 bits per heavy atom. The monoisotopic (exact) mass is 579 g/mol. The van der Waals surface area contributed by atoms with Gasteiger partial charge in [0.25, 0.3) is 5.56 Å². The maximum atomic E-state index is 13.1. The summed E-state index contributed by atoms with van der Waals surface area (Å²) in [5.74, 6) is -1.10. The fourth-order valence-electron chi connectivity index (χ4n) is 4.86. The summed E-state index contributed by atoms with van der Waals surface area (Å²) in [6.07, 6.45) is -3.03.